The molecule has 6 atom stereocenters. The van der Waals surface area contributed by atoms with Gasteiger partial charge in [-0.25, -0.2) is 4.79 Å². The second-order valence-electron chi connectivity index (χ2n) is 17.3. The van der Waals surface area contributed by atoms with Gasteiger partial charge < -0.3 is 13.6 Å². The van der Waals surface area contributed by atoms with Crippen molar-refractivity contribution in [3.63, 3.8) is 0 Å². The first-order chi connectivity index (χ1) is 20.1. The second-order valence-corrected chi connectivity index (χ2v) is 26.9. The predicted octanol–water partition coefficient (Wildman–Crippen LogP) is 10.9. The molecule has 3 fully saturated rings. The summed E-state index contributed by atoms with van der Waals surface area (Å²) in [6, 6.07) is 0. The highest BCUT2D eigenvalue weighted by atomic mass is 28.4. The molecule has 3 aliphatic carbocycles. The maximum Gasteiger partial charge on any atom is 0.330 e. The summed E-state index contributed by atoms with van der Waals surface area (Å²) in [4.78, 5) is 12.0. The third-order valence-electron chi connectivity index (χ3n) is 12.2. The van der Waals surface area contributed by atoms with Crippen molar-refractivity contribution in [2.24, 2.45) is 23.2 Å². The Bertz CT molecular complexity index is 1090. The smallest absolute Gasteiger partial charge is 0.330 e. The number of rotatable bonds is 9. The van der Waals surface area contributed by atoms with Gasteiger partial charge in [0.05, 0.1) is 18.8 Å². The minimum absolute atomic E-state index is 0.00331. The molecule has 0 spiro atoms. The van der Waals surface area contributed by atoms with E-state index in [9.17, 15) is 4.79 Å². The summed E-state index contributed by atoms with van der Waals surface area (Å²) in [6.07, 6.45) is 16.6. The molecule has 250 valence electrons. The molecule has 0 aliphatic heterocycles. The molecule has 3 rings (SSSR count). The number of carbonyl (C=O) groups excluding carboxylic acids is 1. The molecule has 6 heteroatoms. The van der Waals surface area contributed by atoms with Crippen molar-refractivity contribution in [3.05, 3.63) is 47.6 Å². The molecule has 0 aromatic carbocycles. The van der Waals surface area contributed by atoms with Crippen LogP contribution in [-0.2, 0) is 18.4 Å². The monoisotopic (exact) mass is 642 g/mol. The molecule has 0 N–H and O–H groups in total. The van der Waals surface area contributed by atoms with E-state index >= 15 is 0 Å². The molecule has 0 bridgehead atoms. The first-order valence-electron chi connectivity index (χ1n) is 17.4. The van der Waals surface area contributed by atoms with Gasteiger partial charge >= 0.3 is 5.97 Å². The fourth-order valence-electron chi connectivity index (χ4n) is 7.39. The van der Waals surface area contributed by atoms with Crippen LogP contribution in [0.5, 0.6) is 0 Å². The van der Waals surface area contributed by atoms with E-state index in [1.54, 1.807) is 11.6 Å². The maximum absolute atomic E-state index is 12.0. The summed E-state index contributed by atoms with van der Waals surface area (Å²) in [5.74, 6) is 1.32. The first-order valence-corrected chi connectivity index (χ1v) is 23.2. The van der Waals surface area contributed by atoms with Crippen molar-refractivity contribution < 1.29 is 18.4 Å². The summed E-state index contributed by atoms with van der Waals surface area (Å²) >= 11 is 0. The molecule has 0 radical (unpaired) electrons. The molecule has 3 aliphatic rings. The van der Waals surface area contributed by atoms with Gasteiger partial charge in [0.25, 0.3) is 0 Å². The van der Waals surface area contributed by atoms with Gasteiger partial charge in [-0.1, -0.05) is 91.3 Å². The lowest BCUT2D eigenvalue weighted by Crippen LogP contribution is -2.49. The molecule has 3 saturated carbocycles. The van der Waals surface area contributed by atoms with Gasteiger partial charge in [-0.3, -0.25) is 0 Å². The number of esters is 1. The molecular formula is C38H66O4Si2. The Labute approximate surface area is 273 Å². The lowest BCUT2D eigenvalue weighted by atomic mass is 9.61. The highest BCUT2D eigenvalue weighted by molar-refractivity contribution is 6.74. The Balaban J connectivity index is 1.88. The van der Waals surface area contributed by atoms with E-state index in [-0.39, 0.29) is 33.7 Å². The highest BCUT2D eigenvalue weighted by Gasteiger charge is 2.50. The van der Waals surface area contributed by atoms with Crippen LogP contribution in [0.25, 0.3) is 0 Å². The number of carbonyl (C=O) groups is 1. The molecule has 0 saturated heterocycles. The molecule has 0 unspecified atom stereocenters. The molecule has 4 nitrogen and oxygen atoms in total. The standard InChI is InChI=1S/C38H66O4Si2/c1-15-40-35(39)23-18-27(2)31-21-22-32-30(17-16-24-38(31,32)10)20-19-29-25-33(41-43(11,12)36(4,5)6)28(3)34(26-29)42-44(13,14)37(7,8)9/h18-20,23,27,31-34H,3,15-17,21-22,24-26H2,1-2,4-14H3/b23-18-,30-20+/t27-,31-,32+,33-,34-,38-/m1/s1. The Morgan fingerprint density at radius 3 is 2.02 bits per heavy atom. The van der Waals surface area contributed by atoms with E-state index in [0.717, 1.165) is 18.4 Å². The quantitative estimate of drug-likeness (QED) is 0.109. The van der Waals surface area contributed by atoms with Crippen molar-refractivity contribution in [2.45, 2.75) is 156 Å². The fraction of sp³-hybridized carbons (Fsp3) is 0.763. The number of hydrogen-bond donors (Lipinski definition) is 0. The van der Waals surface area contributed by atoms with Crippen LogP contribution in [0.4, 0.5) is 0 Å². The van der Waals surface area contributed by atoms with E-state index in [1.807, 2.05) is 6.92 Å². The molecule has 0 aromatic rings. The first kappa shape index (κ1) is 37.2. The summed E-state index contributed by atoms with van der Waals surface area (Å²) in [6.45, 7) is 35.0. The number of hydrogen-bond acceptors (Lipinski definition) is 4. The number of ether oxygens (including phenoxy) is 1. The van der Waals surface area contributed by atoms with Crippen LogP contribution in [0.3, 0.4) is 0 Å². The van der Waals surface area contributed by atoms with E-state index in [1.165, 1.54) is 37.7 Å². The summed E-state index contributed by atoms with van der Waals surface area (Å²) in [7, 11) is -3.98. The molecule has 0 heterocycles. The van der Waals surface area contributed by atoms with Gasteiger partial charge in [0.15, 0.2) is 16.6 Å². The Hall–Kier alpha value is -1.22. The van der Waals surface area contributed by atoms with Crippen molar-refractivity contribution in [1.82, 2.24) is 0 Å². The van der Waals surface area contributed by atoms with Crippen LogP contribution >= 0.6 is 0 Å². The van der Waals surface area contributed by atoms with Crippen molar-refractivity contribution >= 4 is 22.6 Å². The predicted molar refractivity (Wildman–Crippen MR) is 192 cm³/mol. The number of fused-ring (bicyclic) bond motifs is 1. The lowest BCUT2D eigenvalue weighted by molar-refractivity contribution is -0.137. The van der Waals surface area contributed by atoms with E-state index < -0.39 is 16.6 Å². The normalized spacial score (nSPS) is 30.5. The maximum atomic E-state index is 12.0. The lowest BCUT2D eigenvalue weighted by Gasteiger charge is -2.46. The average Bonchev–Trinajstić information content (AvgIpc) is 3.24. The van der Waals surface area contributed by atoms with Crippen LogP contribution in [0.1, 0.15) is 107 Å². The van der Waals surface area contributed by atoms with Crippen LogP contribution in [-0.4, -0.2) is 41.4 Å². The Kier molecular flexibility index (Phi) is 11.7. The van der Waals surface area contributed by atoms with Crippen LogP contribution < -0.4 is 0 Å². The largest absolute Gasteiger partial charge is 0.463 e. The molecule has 0 amide bonds. The van der Waals surface area contributed by atoms with Gasteiger partial charge in [0.2, 0.25) is 0 Å². The van der Waals surface area contributed by atoms with Crippen LogP contribution in [0.2, 0.25) is 36.3 Å². The van der Waals surface area contributed by atoms with E-state index in [0.29, 0.717) is 24.4 Å². The van der Waals surface area contributed by atoms with Gasteiger partial charge in [-0.05, 0) is 117 Å². The average molecular weight is 643 g/mol. The molecular weight excluding hydrogens is 577 g/mol. The third-order valence-corrected chi connectivity index (χ3v) is 21.2. The van der Waals surface area contributed by atoms with Gasteiger partial charge in [0, 0.05) is 6.08 Å². The molecule has 0 aromatic heterocycles. The summed E-state index contributed by atoms with van der Waals surface area (Å²) in [5, 5.41) is 0.279. The van der Waals surface area contributed by atoms with Gasteiger partial charge in [0.1, 0.15) is 0 Å². The zero-order valence-electron chi connectivity index (χ0n) is 30.7. The second kappa shape index (κ2) is 13.9. The van der Waals surface area contributed by atoms with Gasteiger partial charge in [-0.2, -0.15) is 0 Å². The zero-order chi connectivity index (χ0) is 33.3. The summed E-state index contributed by atoms with van der Waals surface area (Å²) in [5.41, 5.74) is 4.45. The SMILES string of the molecule is C=C1[C@H](O[Si](C)(C)C(C)(C)C)CC(=C/C=C2\CCC[C@]3(C)[C@@H]([C@H](C)/C=C\C(=O)OCC)CC[C@@H]23)C[C@H]1O[Si](C)(C)C(C)(C)C. The highest BCUT2D eigenvalue weighted by Crippen LogP contribution is 2.59. The van der Waals surface area contributed by atoms with E-state index in [4.69, 9.17) is 13.6 Å². The van der Waals surface area contributed by atoms with Crippen molar-refractivity contribution in [1.29, 1.82) is 0 Å². The van der Waals surface area contributed by atoms with Crippen LogP contribution in [0, 0.1) is 23.2 Å². The fourth-order valence-corrected chi connectivity index (χ4v) is 9.99. The van der Waals surface area contributed by atoms with Crippen molar-refractivity contribution in [2.75, 3.05) is 6.61 Å². The summed E-state index contributed by atoms with van der Waals surface area (Å²) < 4.78 is 19.3. The zero-order valence-corrected chi connectivity index (χ0v) is 32.7. The topological polar surface area (TPSA) is 44.8 Å². The number of allylic oxidation sites excluding steroid dienone is 4. The van der Waals surface area contributed by atoms with E-state index in [2.05, 4.69) is 106 Å². The Morgan fingerprint density at radius 2 is 1.52 bits per heavy atom. The third kappa shape index (κ3) is 8.38. The van der Waals surface area contributed by atoms with Crippen molar-refractivity contribution in [3.8, 4) is 0 Å². The van der Waals surface area contributed by atoms with Gasteiger partial charge in [-0.15, -0.1) is 0 Å². The molecule has 44 heavy (non-hydrogen) atoms. The Morgan fingerprint density at radius 1 is 0.977 bits per heavy atom. The minimum Gasteiger partial charge on any atom is -0.463 e. The van der Waals surface area contributed by atoms with Crippen LogP contribution in [0.15, 0.2) is 47.6 Å². The minimum atomic E-state index is -1.99.